The highest BCUT2D eigenvalue weighted by Crippen LogP contribution is 2.28. The maximum atomic E-state index is 10.8. The van der Waals surface area contributed by atoms with E-state index in [1.165, 1.54) is 12.1 Å². The van der Waals surface area contributed by atoms with Gasteiger partial charge in [-0.15, -0.1) is 0 Å². The largest absolute Gasteiger partial charge is 0.330 e. The molecular formula is C16H15BrN4O2. The highest BCUT2D eigenvalue weighted by Gasteiger charge is 2.15. The zero-order valence-electron chi connectivity index (χ0n) is 12.3. The minimum atomic E-state index is -0.403. The molecule has 0 saturated carbocycles. The number of aromatic nitrogens is 2. The topological polar surface area (TPSA) is 86.5 Å². The first-order chi connectivity index (χ1) is 11.1. The molecule has 0 aliphatic carbocycles. The average Bonchev–Trinajstić information content (AvgIpc) is 2.90. The number of non-ortho nitro benzene ring substituents is 1. The number of fused-ring (bicyclic) bond motifs is 1. The Balaban J connectivity index is 2.13. The van der Waals surface area contributed by atoms with Crippen molar-refractivity contribution in [3.05, 3.63) is 62.9 Å². The summed E-state index contributed by atoms with van der Waals surface area (Å²) >= 11 is 3.48. The van der Waals surface area contributed by atoms with E-state index in [1.807, 2.05) is 22.7 Å². The molecule has 3 aromatic rings. The number of hydrogen-bond donors (Lipinski definition) is 1. The van der Waals surface area contributed by atoms with Gasteiger partial charge in [-0.3, -0.25) is 10.1 Å². The van der Waals surface area contributed by atoms with Crippen molar-refractivity contribution in [1.29, 1.82) is 0 Å². The molecule has 3 rings (SSSR count). The molecule has 0 saturated heterocycles. The smallest absolute Gasteiger partial charge is 0.269 e. The summed E-state index contributed by atoms with van der Waals surface area (Å²) in [6.45, 7) is 0.598. The van der Waals surface area contributed by atoms with Gasteiger partial charge in [0.25, 0.3) is 5.69 Å². The van der Waals surface area contributed by atoms with Crippen LogP contribution >= 0.6 is 15.9 Å². The number of halogens is 1. The predicted octanol–water partition coefficient (Wildman–Crippen LogP) is 3.56. The third-order valence-electron chi connectivity index (χ3n) is 3.65. The van der Waals surface area contributed by atoms with E-state index in [9.17, 15) is 10.1 Å². The van der Waals surface area contributed by atoms with E-state index in [-0.39, 0.29) is 5.69 Å². The second-order valence-corrected chi connectivity index (χ2v) is 6.09. The lowest BCUT2D eigenvalue weighted by Crippen LogP contribution is -2.03. The van der Waals surface area contributed by atoms with Crippen molar-refractivity contribution in [2.45, 2.75) is 12.8 Å². The minimum absolute atomic E-state index is 0.0729. The first-order valence-corrected chi connectivity index (χ1v) is 8.01. The van der Waals surface area contributed by atoms with Crippen LogP contribution in [0, 0.1) is 10.1 Å². The molecule has 2 heterocycles. The second-order valence-electron chi connectivity index (χ2n) is 5.18. The summed E-state index contributed by atoms with van der Waals surface area (Å²) in [7, 11) is 0. The normalized spacial score (nSPS) is 11.0. The number of nitrogens with zero attached hydrogens (tertiary/aromatic N) is 3. The Labute approximate surface area is 141 Å². The first-order valence-electron chi connectivity index (χ1n) is 7.21. The molecule has 118 valence electrons. The molecule has 0 fully saturated rings. The lowest BCUT2D eigenvalue weighted by atomic mass is 10.1. The van der Waals surface area contributed by atoms with Gasteiger partial charge in [-0.1, -0.05) is 0 Å². The summed E-state index contributed by atoms with van der Waals surface area (Å²) in [4.78, 5) is 15.1. The van der Waals surface area contributed by atoms with Crippen LogP contribution in [-0.2, 0) is 6.42 Å². The lowest BCUT2D eigenvalue weighted by molar-refractivity contribution is -0.384. The monoisotopic (exact) mass is 374 g/mol. The van der Waals surface area contributed by atoms with Crippen LogP contribution in [0.2, 0.25) is 0 Å². The minimum Gasteiger partial charge on any atom is -0.330 e. The van der Waals surface area contributed by atoms with Crippen molar-refractivity contribution in [3.8, 4) is 11.3 Å². The predicted molar refractivity (Wildman–Crippen MR) is 92.4 cm³/mol. The molecule has 6 nitrogen and oxygen atoms in total. The first kappa shape index (κ1) is 15.6. The van der Waals surface area contributed by atoms with E-state index in [0.29, 0.717) is 6.54 Å². The zero-order valence-corrected chi connectivity index (χ0v) is 13.9. The van der Waals surface area contributed by atoms with Crippen molar-refractivity contribution in [3.63, 3.8) is 0 Å². The quantitative estimate of drug-likeness (QED) is 0.546. The molecule has 0 atom stereocenters. The molecule has 23 heavy (non-hydrogen) atoms. The van der Waals surface area contributed by atoms with Gasteiger partial charge in [-0.05, 0) is 59.6 Å². The lowest BCUT2D eigenvalue weighted by Gasteiger charge is -2.05. The van der Waals surface area contributed by atoms with Gasteiger partial charge in [0.2, 0.25) is 0 Å². The van der Waals surface area contributed by atoms with Crippen LogP contribution in [0.15, 0.2) is 47.1 Å². The SMILES string of the molecule is NCCCc1c(-c2ccc([N+](=O)[O-])cc2)nc2ccc(Br)cn12. The molecule has 0 aliphatic heterocycles. The Morgan fingerprint density at radius 2 is 1.96 bits per heavy atom. The maximum Gasteiger partial charge on any atom is 0.269 e. The number of benzene rings is 1. The summed E-state index contributed by atoms with van der Waals surface area (Å²) in [5.41, 5.74) is 9.32. The molecule has 2 aromatic heterocycles. The molecule has 0 bridgehead atoms. The van der Waals surface area contributed by atoms with Gasteiger partial charge in [-0.25, -0.2) is 4.98 Å². The van der Waals surface area contributed by atoms with Crippen LogP contribution in [0.5, 0.6) is 0 Å². The number of pyridine rings is 1. The zero-order chi connectivity index (χ0) is 16.4. The van der Waals surface area contributed by atoms with Gasteiger partial charge < -0.3 is 10.1 Å². The molecule has 1 aromatic carbocycles. The Morgan fingerprint density at radius 1 is 1.22 bits per heavy atom. The summed E-state index contributed by atoms with van der Waals surface area (Å²) in [6, 6.07) is 10.4. The number of aryl methyl sites for hydroxylation is 1. The summed E-state index contributed by atoms with van der Waals surface area (Å²) in [6.07, 6.45) is 3.61. The van der Waals surface area contributed by atoms with Crippen molar-refractivity contribution in [1.82, 2.24) is 9.38 Å². The van der Waals surface area contributed by atoms with Crippen molar-refractivity contribution < 1.29 is 4.92 Å². The molecule has 0 aliphatic rings. The Hall–Kier alpha value is -2.25. The van der Waals surface area contributed by atoms with Crippen LogP contribution in [0.4, 0.5) is 5.69 Å². The van der Waals surface area contributed by atoms with Gasteiger partial charge in [0.1, 0.15) is 5.65 Å². The van der Waals surface area contributed by atoms with Crippen LogP contribution in [0.1, 0.15) is 12.1 Å². The third kappa shape index (κ3) is 3.11. The fourth-order valence-electron chi connectivity index (χ4n) is 2.55. The van der Waals surface area contributed by atoms with Gasteiger partial charge in [-0.2, -0.15) is 0 Å². The van der Waals surface area contributed by atoms with Crippen molar-refractivity contribution in [2.24, 2.45) is 5.73 Å². The average molecular weight is 375 g/mol. The Kier molecular flexibility index (Phi) is 4.40. The fourth-order valence-corrected chi connectivity index (χ4v) is 2.88. The third-order valence-corrected chi connectivity index (χ3v) is 4.12. The van der Waals surface area contributed by atoms with E-state index < -0.39 is 4.92 Å². The van der Waals surface area contributed by atoms with E-state index in [0.717, 1.165) is 39.9 Å². The molecule has 0 spiro atoms. The van der Waals surface area contributed by atoms with E-state index in [2.05, 4.69) is 20.9 Å². The van der Waals surface area contributed by atoms with Gasteiger partial charge in [0.15, 0.2) is 0 Å². The highest BCUT2D eigenvalue weighted by molar-refractivity contribution is 9.10. The number of nitro benzene ring substituents is 1. The summed E-state index contributed by atoms with van der Waals surface area (Å²) < 4.78 is 3.00. The molecule has 0 radical (unpaired) electrons. The summed E-state index contributed by atoms with van der Waals surface area (Å²) in [5, 5.41) is 10.8. The van der Waals surface area contributed by atoms with Crippen LogP contribution < -0.4 is 5.73 Å². The number of hydrogen-bond acceptors (Lipinski definition) is 4. The van der Waals surface area contributed by atoms with E-state index in [1.54, 1.807) is 12.1 Å². The van der Waals surface area contributed by atoms with Gasteiger partial charge in [0, 0.05) is 28.4 Å². The number of nitro groups is 1. The molecule has 0 amide bonds. The standard InChI is InChI=1S/C16H15BrN4O2/c17-12-5-8-15-19-16(14(2-1-9-18)20(15)10-12)11-3-6-13(7-4-11)21(22)23/h3-8,10H,1-2,9,18H2. The fraction of sp³-hybridized carbons (Fsp3) is 0.188. The second kappa shape index (κ2) is 6.47. The molecular weight excluding hydrogens is 360 g/mol. The van der Waals surface area contributed by atoms with Crippen molar-refractivity contribution >= 4 is 27.3 Å². The molecule has 2 N–H and O–H groups in total. The highest BCUT2D eigenvalue weighted by atomic mass is 79.9. The number of nitrogens with two attached hydrogens (primary N) is 1. The number of rotatable bonds is 5. The Bertz CT molecular complexity index is 858. The molecule has 0 unspecified atom stereocenters. The van der Waals surface area contributed by atoms with E-state index >= 15 is 0 Å². The van der Waals surface area contributed by atoms with E-state index in [4.69, 9.17) is 5.73 Å². The van der Waals surface area contributed by atoms with Crippen molar-refractivity contribution in [2.75, 3.05) is 6.54 Å². The Morgan fingerprint density at radius 3 is 2.61 bits per heavy atom. The van der Waals surface area contributed by atoms with Gasteiger partial charge in [0.05, 0.1) is 16.3 Å². The summed E-state index contributed by atoms with van der Waals surface area (Å²) in [5.74, 6) is 0. The number of imidazole rings is 1. The molecule has 7 heteroatoms. The van der Waals surface area contributed by atoms with Crippen LogP contribution in [0.25, 0.3) is 16.9 Å². The van der Waals surface area contributed by atoms with Crippen LogP contribution in [0.3, 0.4) is 0 Å². The van der Waals surface area contributed by atoms with Crippen LogP contribution in [-0.4, -0.2) is 20.9 Å². The maximum absolute atomic E-state index is 10.8. The van der Waals surface area contributed by atoms with Gasteiger partial charge >= 0.3 is 0 Å².